The van der Waals surface area contributed by atoms with Gasteiger partial charge in [0.25, 0.3) is 0 Å². The van der Waals surface area contributed by atoms with E-state index in [0.29, 0.717) is 13.0 Å². The van der Waals surface area contributed by atoms with Crippen LogP contribution < -0.4 is 21.7 Å². The van der Waals surface area contributed by atoms with E-state index in [9.17, 15) is 4.79 Å². The lowest BCUT2D eigenvalue weighted by molar-refractivity contribution is -0.893. The molecule has 0 aromatic rings. The minimum Gasteiger partial charge on any atom is -0.379 e. The number of quaternary nitrogens is 1. The number of unbranched alkanes of at least 4 members (excludes halogenated alkanes) is 25. The summed E-state index contributed by atoms with van der Waals surface area (Å²) in [4.78, 5) is 12.7. The second-order valence-corrected chi connectivity index (χ2v) is 19.1. The zero-order valence-corrected chi connectivity index (χ0v) is 42.2. The highest BCUT2D eigenvalue weighted by atomic mass is 16.5. The zero-order chi connectivity index (χ0) is 45.1. The number of nitrogens with zero attached hydrogens (tertiary/aromatic N) is 1. The Balaban J connectivity index is 4.35. The molecule has 0 fully saturated rings. The molecule has 8 nitrogen and oxygen atoms in total. The van der Waals surface area contributed by atoms with Gasteiger partial charge in [-0.2, -0.15) is 0 Å². The van der Waals surface area contributed by atoms with Gasteiger partial charge in [-0.15, -0.1) is 0 Å². The first kappa shape index (κ1) is 60.7. The van der Waals surface area contributed by atoms with Crippen LogP contribution in [0.5, 0.6) is 0 Å². The van der Waals surface area contributed by atoms with Gasteiger partial charge in [0.15, 0.2) is 0 Å². The van der Waals surface area contributed by atoms with E-state index >= 15 is 0 Å². The standard InChI is InChI=1S/C54H109N5O3/c1-5-7-9-11-13-15-17-19-21-23-25-27-29-31-33-37-49-61-52-53(62-50-38-34-32-30-28-26-24-22-20-18-16-14-12-10-8-6-2)51-59(3,4)48-41-54(60)58-47-40-46-57-44-36-35-43-56-45-39-42-55/h19-22,53,56-57H,5-18,23-52,55H2,1-4H3/p+1/b21-19+,22-20+. The van der Waals surface area contributed by atoms with Gasteiger partial charge in [-0.3, -0.25) is 4.79 Å². The van der Waals surface area contributed by atoms with Crippen LogP contribution in [0.1, 0.15) is 226 Å². The van der Waals surface area contributed by atoms with E-state index in [-0.39, 0.29) is 12.0 Å². The topological polar surface area (TPSA) is 97.6 Å². The van der Waals surface area contributed by atoms with E-state index < -0.39 is 0 Å². The molecule has 0 spiro atoms. The molecule has 0 bridgehead atoms. The van der Waals surface area contributed by atoms with E-state index in [1.807, 2.05) is 0 Å². The molecule has 62 heavy (non-hydrogen) atoms. The van der Waals surface area contributed by atoms with Crippen LogP contribution in [-0.2, 0) is 14.3 Å². The number of carbonyl (C=O) groups excluding carboxylic acids is 1. The van der Waals surface area contributed by atoms with Crippen LogP contribution in [0.3, 0.4) is 0 Å². The van der Waals surface area contributed by atoms with Gasteiger partial charge in [-0.1, -0.05) is 154 Å². The molecule has 1 unspecified atom stereocenters. The highest BCUT2D eigenvalue weighted by Crippen LogP contribution is 2.13. The Morgan fingerprint density at radius 1 is 0.516 bits per heavy atom. The lowest BCUT2D eigenvalue weighted by Crippen LogP contribution is -2.49. The minimum absolute atomic E-state index is 0.0538. The van der Waals surface area contributed by atoms with E-state index in [1.54, 1.807) is 0 Å². The summed E-state index contributed by atoms with van der Waals surface area (Å²) >= 11 is 0. The zero-order valence-electron chi connectivity index (χ0n) is 42.2. The Bertz CT molecular complexity index is 945. The fourth-order valence-corrected chi connectivity index (χ4v) is 7.97. The number of hydrogen-bond acceptors (Lipinski definition) is 6. The van der Waals surface area contributed by atoms with Gasteiger partial charge in [0.1, 0.15) is 12.6 Å². The number of nitrogens with two attached hydrogens (primary N) is 1. The predicted molar refractivity (Wildman–Crippen MR) is 272 cm³/mol. The minimum atomic E-state index is 0.0538. The second kappa shape index (κ2) is 50.7. The van der Waals surface area contributed by atoms with Crippen molar-refractivity contribution in [3.8, 4) is 0 Å². The second-order valence-electron chi connectivity index (χ2n) is 19.1. The molecule has 0 radical (unpaired) electrons. The molecule has 0 aliphatic rings. The molecule has 5 N–H and O–H groups in total. The van der Waals surface area contributed by atoms with Crippen LogP contribution in [0.2, 0.25) is 0 Å². The van der Waals surface area contributed by atoms with Crippen molar-refractivity contribution in [2.75, 3.05) is 86.3 Å². The molecule has 0 saturated heterocycles. The Morgan fingerprint density at radius 2 is 0.935 bits per heavy atom. The average molecular weight is 878 g/mol. The predicted octanol–water partition coefficient (Wildman–Crippen LogP) is 12.7. The molecule has 1 amide bonds. The summed E-state index contributed by atoms with van der Waals surface area (Å²) in [5.41, 5.74) is 5.54. The van der Waals surface area contributed by atoms with Crippen molar-refractivity contribution < 1.29 is 18.8 Å². The van der Waals surface area contributed by atoms with Crippen LogP contribution in [0, 0.1) is 0 Å². The summed E-state index contributed by atoms with van der Waals surface area (Å²) in [5, 5.41) is 10.1. The number of amides is 1. The summed E-state index contributed by atoms with van der Waals surface area (Å²) in [7, 11) is 4.47. The number of likely N-dealkylation sites (N-methyl/N-ethyl adjacent to an activating group) is 1. The SMILES string of the molecule is CCCCCCCC/C=C/CCCCCCCCOCC(C[N+](C)(C)CCC(=O)NCCCNCCCCNCCCN)OCCCCCCCC/C=C/CCCCCCCC. The third-order valence-corrected chi connectivity index (χ3v) is 12.1. The van der Waals surface area contributed by atoms with Crippen LogP contribution in [-0.4, -0.2) is 103 Å². The van der Waals surface area contributed by atoms with Crippen molar-refractivity contribution in [3.05, 3.63) is 24.3 Å². The molecule has 0 saturated carbocycles. The normalized spacial score (nSPS) is 12.7. The van der Waals surface area contributed by atoms with E-state index in [1.165, 1.54) is 180 Å². The molecular weight excluding hydrogens is 767 g/mol. The van der Waals surface area contributed by atoms with Crippen molar-refractivity contribution in [3.63, 3.8) is 0 Å². The highest BCUT2D eigenvalue weighted by molar-refractivity contribution is 5.75. The molecule has 0 aliphatic carbocycles. The first-order valence-corrected chi connectivity index (χ1v) is 27.1. The number of carbonyl (C=O) groups is 1. The van der Waals surface area contributed by atoms with Gasteiger partial charge < -0.3 is 35.6 Å². The monoisotopic (exact) mass is 877 g/mol. The molecule has 368 valence electrons. The quantitative estimate of drug-likeness (QED) is 0.0276. The first-order valence-electron chi connectivity index (χ1n) is 27.1. The summed E-state index contributed by atoms with van der Waals surface area (Å²) in [6, 6.07) is 0. The average Bonchev–Trinajstić information content (AvgIpc) is 3.26. The highest BCUT2D eigenvalue weighted by Gasteiger charge is 2.24. The molecule has 1 atom stereocenters. The molecule has 0 heterocycles. The van der Waals surface area contributed by atoms with Gasteiger partial charge in [0.05, 0.1) is 33.7 Å². The number of ether oxygens (including phenoxy) is 2. The van der Waals surface area contributed by atoms with Crippen molar-refractivity contribution in [1.29, 1.82) is 0 Å². The lowest BCUT2D eigenvalue weighted by atomic mass is 10.1. The Morgan fingerprint density at radius 3 is 1.42 bits per heavy atom. The van der Waals surface area contributed by atoms with Crippen LogP contribution in [0.4, 0.5) is 0 Å². The third kappa shape index (κ3) is 49.7. The summed E-state index contributed by atoms with van der Waals surface area (Å²) in [5.74, 6) is 0.151. The van der Waals surface area contributed by atoms with Crippen molar-refractivity contribution in [2.45, 2.75) is 232 Å². The Hall–Kier alpha value is -1.29. The van der Waals surface area contributed by atoms with Crippen molar-refractivity contribution in [1.82, 2.24) is 16.0 Å². The van der Waals surface area contributed by atoms with Gasteiger partial charge in [0.2, 0.25) is 5.91 Å². The Labute approximate surface area is 387 Å². The fraction of sp³-hybridized carbons (Fsp3) is 0.907. The molecular formula is C54H110N5O3+. The molecule has 0 aromatic carbocycles. The van der Waals surface area contributed by atoms with Crippen LogP contribution in [0.25, 0.3) is 0 Å². The van der Waals surface area contributed by atoms with Crippen LogP contribution in [0.15, 0.2) is 24.3 Å². The molecule has 0 aromatic heterocycles. The van der Waals surface area contributed by atoms with Crippen molar-refractivity contribution in [2.24, 2.45) is 5.73 Å². The molecule has 0 aliphatic heterocycles. The van der Waals surface area contributed by atoms with E-state index in [2.05, 4.69) is 68.2 Å². The van der Waals surface area contributed by atoms with E-state index in [0.717, 1.165) is 95.7 Å². The van der Waals surface area contributed by atoms with Crippen LogP contribution >= 0.6 is 0 Å². The number of hydrogen-bond donors (Lipinski definition) is 4. The Kier molecular flexibility index (Phi) is 49.7. The van der Waals surface area contributed by atoms with Gasteiger partial charge in [0, 0.05) is 19.8 Å². The number of rotatable bonds is 52. The third-order valence-electron chi connectivity index (χ3n) is 12.1. The number of nitrogens with one attached hydrogen (secondary N) is 3. The largest absolute Gasteiger partial charge is 0.379 e. The lowest BCUT2D eigenvalue weighted by Gasteiger charge is -2.33. The smallest absolute Gasteiger partial charge is 0.225 e. The molecule has 0 rings (SSSR count). The van der Waals surface area contributed by atoms with E-state index in [4.69, 9.17) is 15.2 Å². The van der Waals surface area contributed by atoms with Crippen molar-refractivity contribution >= 4 is 5.91 Å². The first-order chi connectivity index (χ1) is 30.4. The summed E-state index contributed by atoms with van der Waals surface area (Å²) in [6.45, 7) is 14.0. The summed E-state index contributed by atoms with van der Waals surface area (Å²) in [6.07, 6.45) is 51.5. The maximum absolute atomic E-state index is 12.7. The number of allylic oxidation sites excluding steroid dienone is 4. The van der Waals surface area contributed by atoms with Gasteiger partial charge in [-0.25, -0.2) is 0 Å². The fourth-order valence-electron chi connectivity index (χ4n) is 7.97. The summed E-state index contributed by atoms with van der Waals surface area (Å²) < 4.78 is 13.5. The van der Waals surface area contributed by atoms with Gasteiger partial charge in [-0.05, 0) is 123 Å². The maximum Gasteiger partial charge on any atom is 0.225 e. The molecule has 8 heteroatoms. The van der Waals surface area contributed by atoms with Gasteiger partial charge >= 0.3 is 0 Å². The maximum atomic E-state index is 12.7.